The third-order valence-corrected chi connectivity index (χ3v) is 2.31. The Morgan fingerprint density at radius 3 is 2.67 bits per heavy atom. The first kappa shape index (κ1) is 14.0. The van der Waals surface area contributed by atoms with Crippen LogP contribution in [-0.4, -0.2) is 34.7 Å². The predicted octanol–water partition coefficient (Wildman–Crippen LogP) is -0.259. The number of amides is 2. The van der Waals surface area contributed by atoms with Crippen LogP contribution < -0.4 is 16.4 Å². The number of aryl methyl sites for hydroxylation is 1. The molecule has 0 unspecified atom stereocenters. The summed E-state index contributed by atoms with van der Waals surface area (Å²) in [6.07, 6.45) is 2.44. The molecule has 1 aromatic heterocycles. The van der Waals surface area contributed by atoms with E-state index in [1.165, 1.54) is 0 Å². The fraction of sp³-hybridized carbons (Fsp3) is 0.545. The van der Waals surface area contributed by atoms with Gasteiger partial charge in [0.05, 0.1) is 12.2 Å². The third-order valence-electron chi connectivity index (χ3n) is 2.31. The Hall–Kier alpha value is -2.05. The fourth-order valence-electron chi connectivity index (χ4n) is 1.35. The van der Waals surface area contributed by atoms with Crippen LogP contribution in [0, 0.1) is 0 Å². The first-order valence-corrected chi connectivity index (χ1v) is 5.96. The number of hydrogen-bond donors (Lipinski definition) is 3. The maximum absolute atomic E-state index is 11.7. The van der Waals surface area contributed by atoms with Gasteiger partial charge in [0, 0.05) is 19.3 Å². The summed E-state index contributed by atoms with van der Waals surface area (Å²) in [4.78, 5) is 23.0. The smallest absolute Gasteiger partial charge is 0.274 e. The Morgan fingerprint density at radius 1 is 1.39 bits per heavy atom. The molecule has 4 N–H and O–H groups in total. The molecule has 0 atom stereocenters. The Morgan fingerprint density at radius 2 is 2.11 bits per heavy atom. The summed E-state index contributed by atoms with van der Waals surface area (Å²) in [5.41, 5.74) is 6.12. The van der Waals surface area contributed by atoms with Gasteiger partial charge < -0.3 is 16.4 Å². The summed E-state index contributed by atoms with van der Waals surface area (Å²) in [5, 5.41) is 9.15. The normalized spacial score (nSPS) is 10.1. The first-order valence-electron chi connectivity index (χ1n) is 5.96. The summed E-state index contributed by atoms with van der Waals surface area (Å²) >= 11 is 0. The van der Waals surface area contributed by atoms with Gasteiger partial charge in [-0.3, -0.25) is 14.3 Å². The highest BCUT2D eigenvalue weighted by Gasteiger charge is 2.15. The zero-order valence-electron chi connectivity index (χ0n) is 10.7. The van der Waals surface area contributed by atoms with E-state index in [9.17, 15) is 9.59 Å². The average molecular weight is 253 g/mol. The maximum Gasteiger partial charge on any atom is 0.274 e. The molecule has 100 valence electrons. The summed E-state index contributed by atoms with van der Waals surface area (Å²) < 4.78 is 1.57. The van der Waals surface area contributed by atoms with Crippen molar-refractivity contribution in [2.45, 2.75) is 26.8 Å². The van der Waals surface area contributed by atoms with Crippen molar-refractivity contribution >= 4 is 17.5 Å². The molecule has 0 spiro atoms. The Balaban J connectivity index is 2.49. The highest BCUT2D eigenvalue weighted by Crippen LogP contribution is 2.08. The lowest BCUT2D eigenvalue weighted by molar-refractivity contribution is -0.120. The molecule has 18 heavy (non-hydrogen) atoms. The molecule has 7 heteroatoms. The Labute approximate surface area is 106 Å². The maximum atomic E-state index is 11.7. The molecule has 0 aliphatic carbocycles. The van der Waals surface area contributed by atoms with Crippen molar-refractivity contribution in [1.29, 1.82) is 0 Å². The van der Waals surface area contributed by atoms with E-state index < -0.39 is 5.91 Å². The molecule has 0 aliphatic heterocycles. The van der Waals surface area contributed by atoms with Gasteiger partial charge in [0.15, 0.2) is 5.69 Å². The van der Waals surface area contributed by atoms with Gasteiger partial charge in [0.2, 0.25) is 5.91 Å². The van der Waals surface area contributed by atoms with E-state index in [2.05, 4.69) is 15.7 Å². The van der Waals surface area contributed by atoms with Crippen LogP contribution >= 0.6 is 0 Å². The fourth-order valence-corrected chi connectivity index (χ4v) is 1.35. The Kier molecular flexibility index (Phi) is 5.16. The molecule has 1 aromatic rings. The molecule has 0 aromatic carbocycles. The van der Waals surface area contributed by atoms with Gasteiger partial charge in [0.1, 0.15) is 0 Å². The number of carbonyl (C=O) groups excluding carboxylic acids is 2. The second-order valence-electron chi connectivity index (χ2n) is 3.82. The standard InChI is InChI=1S/C11H19N5O2/c1-3-5-13-9(17)6-14-11(18)10-8(12)7-16(4-2)15-10/h7H,3-6,12H2,1-2H3,(H,13,17)(H,14,18). The zero-order valence-corrected chi connectivity index (χ0v) is 10.7. The van der Waals surface area contributed by atoms with Gasteiger partial charge in [0.25, 0.3) is 5.91 Å². The first-order chi connectivity index (χ1) is 8.58. The van der Waals surface area contributed by atoms with Crippen LogP contribution in [-0.2, 0) is 11.3 Å². The lowest BCUT2D eigenvalue weighted by Crippen LogP contribution is -2.37. The zero-order chi connectivity index (χ0) is 13.5. The van der Waals surface area contributed by atoms with E-state index in [4.69, 9.17) is 5.73 Å². The van der Waals surface area contributed by atoms with Crippen molar-refractivity contribution in [1.82, 2.24) is 20.4 Å². The number of hydrogen-bond acceptors (Lipinski definition) is 4. The summed E-state index contributed by atoms with van der Waals surface area (Å²) in [5.74, 6) is -0.662. The van der Waals surface area contributed by atoms with Crippen LogP contribution in [0.4, 0.5) is 5.69 Å². The number of nitrogens with two attached hydrogens (primary N) is 1. The van der Waals surface area contributed by atoms with E-state index in [1.807, 2.05) is 13.8 Å². The Bertz CT molecular complexity index is 427. The van der Waals surface area contributed by atoms with Crippen molar-refractivity contribution in [2.24, 2.45) is 0 Å². The minimum absolute atomic E-state index is 0.0722. The van der Waals surface area contributed by atoms with Gasteiger partial charge in [-0.25, -0.2) is 0 Å². The van der Waals surface area contributed by atoms with E-state index in [1.54, 1.807) is 10.9 Å². The summed E-state index contributed by atoms with van der Waals surface area (Å²) in [7, 11) is 0. The summed E-state index contributed by atoms with van der Waals surface area (Å²) in [6, 6.07) is 0. The predicted molar refractivity (Wildman–Crippen MR) is 67.9 cm³/mol. The SMILES string of the molecule is CCCNC(=O)CNC(=O)c1nn(CC)cc1N. The molecule has 1 rings (SSSR count). The van der Waals surface area contributed by atoms with E-state index in [0.717, 1.165) is 6.42 Å². The van der Waals surface area contributed by atoms with Crippen LogP contribution in [0.3, 0.4) is 0 Å². The molecule has 0 radical (unpaired) electrons. The topological polar surface area (TPSA) is 102 Å². The summed E-state index contributed by atoms with van der Waals surface area (Å²) in [6.45, 7) is 5.01. The monoisotopic (exact) mass is 253 g/mol. The molecule has 2 amide bonds. The van der Waals surface area contributed by atoms with Crippen molar-refractivity contribution in [2.75, 3.05) is 18.8 Å². The molecule has 1 heterocycles. The molecule has 0 saturated carbocycles. The number of aromatic nitrogens is 2. The molecular formula is C11H19N5O2. The van der Waals surface area contributed by atoms with Crippen LogP contribution in [0.1, 0.15) is 30.8 Å². The van der Waals surface area contributed by atoms with Gasteiger partial charge in [-0.1, -0.05) is 6.92 Å². The second kappa shape index (κ2) is 6.63. The van der Waals surface area contributed by atoms with E-state index in [-0.39, 0.29) is 18.1 Å². The molecule has 0 bridgehead atoms. The molecule has 0 saturated heterocycles. The number of nitrogen functional groups attached to an aromatic ring is 1. The van der Waals surface area contributed by atoms with Gasteiger partial charge in [-0.15, -0.1) is 0 Å². The third kappa shape index (κ3) is 3.76. The van der Waals surface area contributed by atoms with Crippen LogP contribution in [0.25, 0.3) is 0 Å². The number of anilines is 1. The molecule has 0 aliphatic rings. The van der Waals surface area contributed by atoms with Crippen molar-refractivity contribution in [3.8, 4) is 0 Å². The van der Waals surface area contributed by atoms with Gasteiger partial charge in [-0.2, -0.15) is 5.10 Å². The second-order valence-corrected chi connectivity index (χ2v) is 3.82. The molecular weight excluding hydrogens is 234 g/mol. The van der Waals surface area contributed by atoms with Crippen LogP contribution in [0.5, 0.6) is 0 Å². The average Bonchev–Trinajstić information content (AvgIpc) is 2.74. The van der Waals surface area contributed by atoms with Crippen LogP contribution in [0.15, 0.2) is 6.20 Å². The highest BCUT2D eigenvalue weighted by molar-refractivity contribution is 5.98. The van der Waals surface area contributed by atoms with E-state index >= 15 is 0 Å². The molecule has 7 nitrogen and oxygen atoms in total. The quantitative estimate of drug-likeness (QED) is 0.650. The molecule has 0 fully saturated rings. The van der Waals surface area contributed by atoms with Crippen molar-refractivity contribution < 1.29 is 9.59 Å². The lowest BCUT2D eigenvalue weighted by Gasteiger charge is -2.04. The number of nitrogens with zero attached hydrogens (tertiary/aromatic N) is 2. The van der Waals surface area contributed by atoms with Crippen molar-refractivity contribution in [3.05, 3.63) is 11.9 Å². The minimum atomic E-state index is -0.439. The van der Waals surface area contributed by atoms with Crippen molar-refractivity contribution in [3.63, 3.8) is 0 Å². The number of rotatable bonds is 6. The number of carbonyl (C=O) groups is 2. The minimum Gasteiger partial charge on any atom is -0.396 e. The largest absolute Gasteiger partial charge is 0.396 e. The van der Waals surface area contributed by atoms with Crippen LogP contribution in [0.2, 0.25) is 0 Å². The highest BCUT2D eigenvalue weighted by atomic mass is 16.2. The number of nitrogens with one attached hydrogen (secondary N) is 2. The lowest BCUT2D eigenvalue weighted by atomic mass is 10.3. The van der Waals surface area contributed by atoms with Gasteiger partial charge in [-0.05, 0) is 13.3 Å². The van der Waals surface area contributed by atoms with E-state index in [0.29, 0.717) is 18.8 Å². The van der Waals surface area contributed by atoms with Gasteiger partial charge >= 0.3 is 0 Å².